The van der Waals surface area contributed by atoms with Crippen LogP contribution < -0.4 is 0 Å². The van der Waals surface area contributed by atoms with E-state index in [-0.39, 0.29) is 0 Å². The van der Waals surface area contributed by atoms with Gasteiger partial charge in [-0.25, -0.2) is 36.8 Å². The van der Waals surface area contributed by atoms with Crippen molar-refractivity contribution in [2.24, 2.45) is 0 Å². The van der Waals surface area contributed by atoms with Gasteiger partial charge in [0.1, 0.15) is 0 Å². The average molecular weight is 256 g/mol. The quantitative estimate of drug-likeness (QED) is 0.652. The van der Waals surface area contributed by atoms with Crippen molar-refractivity contribution in [2.75, 3.05) is 21.1 Å². The van der Waals surface area contributed by atoms with E-state index in [1.807, 2.05) is 21.1 Å². The zero-order valence-corrected chi connectivity index (χ0v) is 8.90. The van der Waals surface area contributed by atoms with E-state index in [1.165, 1.54) is 0 Å². The molecule has 0 amide bonds. The Labute approximate surface area is 72.3 Å². The number of halogens is 2. The average Bonchev–Trinajstić information content (AvgIpc) is 1.64. The van der Waals surface area contributed by atoms with Crippen molar-refractivity contribution in [3.05, 3.63) is 0 Å². The maximum absolute atomic E-state index is 8.60. The molecule has 0 bridgehead atoms. The van der Waals surface area contributed by atoms with Crippen molar-refractivity contribution in [1.82, 2.24) is 0 Å². The molecule has 0 aromatic rings. The third-order valence-corrected chi connectivity index (χ3v) is 3.99. The highest BCUT2D eigenvalue weighted by molar-refractivity contribution is 9.51. The molecule has 0 N–H and O–H groups in total. The summed E-state index contributed by atoms with van der Waals surface area (Å²) >= 11 is 6.58. The third kappa shape index (κ3) is 2.28. The smallest absolute Gasteiger partial charge is 0.424 e. The van der Waals surface area contributed by atoms with E-state index in [4.69, 9.17) is 5.26 Å². The van der Waals surface area contributed by atoms with Crippen LogP contribution in [-0.4, -0.2) is 29.5 Å². The Morgan fingerprint density at radius 2 is 1.67 bits per heavy atom. The van der Waals surface area contributed by atoms with Crippen molar-refractivity contribution >= 4 is 35.4 Å². The number of hydrogen-bond donors (Lipinski definition) is 0. The zero-order valence-electron chi connectivity index (χ0n) is 5.73. The van der Waals surface area contributed by atoms with Crippen molar-refractivity contribution in [3.63, 3.8) is 0 Å². The van der Waals surface area contributed by atoms with Gasteiger partial charge in [0, 0.05) is 21.1 Å². The highest BCUT2D eigenvalue weighted by Gasteiger charge is 2.32. The standard InChI is InChI=1S/C4H9BBr2N2/c1-9(2,3)5(6,7)4-8/h1-3H3. The predicted molar refractivity (Wildman–Crippen MR) is 47.3 cm³/mol. The van der Waals surface area contributed by atoms with Gasteiger partial charge >= 0.3 is 3.93 Å². The second kappa shape index (κ2) is 2.61. The van der Waals surface area contributed by atoms with Gasteiger partial charge < -0.3 is 4.39 Å². The first-order valence-electron chi connectivity index (χ1n) is 2.55. The topological polar surface area (TPSA) is 23.8 Å². The molecular weight excluding hydrogens is 247 g/mol. The first kappa shape index (κ1) is 9.47. The van der Waals surface area contributed by atoms with Crippen LogP contribution in [0.25, 0.3) is 0 Å². The second-order valence-electron chi connectivity index (χ2n) is 2.87. The minimum Gasteiger partial charge on any atom is -0.492 e. The molecule has 0 saturated heterocycles. The molecule has 0 spiro atoms. The van der Waals surface area contributed by atoms with Gasteiger partial charge in [-0.1, -0.05) is 5.97 Å². The largest absolute Gasteiger partial charge is 0.492 e. The molecule has 0 atom stereocenters. The molecule has 52 valence electrons. The second-order valence-corrected chi connectivity index (χ2v) is 6.75. The Kier molecular flexibility index (Phi) is 2.75. The van der Waals surface area contributed by atoms with Gasteiger partial charge in [0.25, 0.3) is 0 Å². The Balaban J connectivity index is 4.39. The fourth-order valence-corrected chi connectivity index (χ4v) is 0.173. The number of rotatable bonds is 1. The molecule has 0 aliphatic carbocycles. The molecule has 0 aromatic heterocycles. The number of quaternary nitrogens is 1. The minimum absolute atomic E-state index is 0.580. The SMILES string of the molecule is C[N+](C)(C)[B-](Br)(Br)C#N. The van der Waals surface area contributed by atoms with Crippen molar-refractivity contribution in [3.8, 4) is 5.97 Å². The van der Waals surface area contributed by atoms with Crippen LogP contribution in [0.2, 0.25) is 0 Å². The van der Waals surface area contributed by atoms with Crippen LogP contribution in [0.15, 0.2) is 0 Å². The molecule has 5 heteroatoms. The maximum Gasteiger partial charge on any atom is 0.424 e. The maximum atomic E-state index is 8.60. The summed E-state index contributed by atoms with van der Waals surface area (Å²) in [5.74, 6) is 2.15. The number of hydrogen-bond acceptors (Lipinski definition) is 1. The van der Waals surface area contributed by atoms with Gasteiger partial charge in [-0.15, -0.1) is 0 Å². The van der Waals surface area contributed by atoms with Crippen LogP contribution in [0, 0.1) is 11.2 Å². The molecule has 0 rings (SSSR count). The van der Waals surface area contributed by atoms with E-state index in [0.29, 0.717) is 4.39 Å². The first-order chi connectivity index (χ1) is 3.81. The summed E-state index contributed by atoms with van der Waals surface area (Å²) in [4.78, 5) is 0. The first-order valence-corrected chi connectivity index (χ1v) is 4.38. The third-order valence-electron chi connectivity index (χ3n) is 1.13. The van der Waals surface area contributed by atoms with Crippen LogP contribution in [-0.2, 0) is 0 Å². The molecule has 2 nitrogen and oxygen atoms in total. The highest BCUT2D eigenvalue weighted by atomic mass is 79.9. The molecule has 0 unspecified atom stereocenters. The molecule has 0 aliphatic heterocycles. The monoisotopic (exact) mass is 254 g/mol. The number of nitrogens with zero attached hydrogens (tertiary/aromatic N) is 2. The summed E-state index contributed by atoms with van der Waals surface area (Å²) < 4.78 is -0.684. The molecule has 0 radical (unpaired) electrons. The van der Waals surface area contributed by atoms with Gasteiger partial charge in [-0.05, 0) is 0 Å². The highest BCUT2D eigenvalue weighted by Crippen LogP contribution is 2.25. The lowest BCUT2D eigenvalue weighted by molar-refractivity contribution is -0.758. The van der Waals surface area contributed by atoms with Crippen LogP contribution in [0.4, 0.5) is 0 Å². The minimum atomic E-state index is -1.26. The Morgan fingerprint density at radius 1 is 1.33 bits per heavy atom. The molecule has 0 fully saturated rings. The summed E-state index contributed by atoms with van der Waals surface area (Å²) in [7, 11) is 5.85. The summed E-state index contributed by atoms with van der Waals surface area (Å²) in [5, 5.41) is 8.60. The van der Waals surface area contributed by atoms with Crippen LogP contribution >= 0.6 is 31.5 Å². The van der Waals surface area contributed by atoms with Gasteiger partial charge in [0.2, 0.25) is 0 Å². The lowest BCUT2D eigenvalue weighted by Gasteiger charge is -2.41. The fourth-order valence-electron chi connectivity index (χ4n) is 0.173. The zero-order chi connectivity index (χ0) is 7.71. The molecule has 0 saturated carbocycles. The van der Waals surface area contributed by atoms with E-state index in [0.717, 1.165) is 0 Å². The van der Waals surface area contributed by atoms with Crippen LogP contribution in [0.3, 0.4) is 0 Å². The van der Waals surface area contributed by atoms with Gasteiger partial charge in [-0.3, -0.25) is 0 Å². The van der Waals surface area contributed by atoms with Gasteiger partial charge in [0.05, 0.1) is 0 Å². The summed E-state index contributed by atoms with van der Waals surface area (Å²) in [6.07, 6.45) is 0. The normalized spacial score (nSPS) is 12.9. The van der Waals surface area contributed by atoms with Gasteiger partial charge in [0.15, 0.2) is 0 Å². The predicted octanol–water partition coefficient (Wildman–Crippen LogP) is 1.48. The molecule has 0 aromatic carbocycles. The van der Waals surface area contributed by atoms with Crippen molar-refractivity contribution in [1.29, 1.82) is 5.26 Å². The van der Waals surface area contributed by atoms with Crippen molar-refractivity contribution in [2.45, 2.75) is 0 Å². The fraction of sp³-hybridized carbons (Fsp3) is 0.750. The summed E-state index contributed by atoms with van der Waals surface area (Å²) in [6, 6.07) is 0. The summed E-state index contributed by atoms with van der Waals surface area (Å²) in [6.45, 7) is 0. The van der Waals surface area contributed by atoms with E-state index < -0.39 is 3.93 Å². The molecule has 9 heavy (non-hydrogen) atoms. The van der Waals surface area contributed by atoms with E-state index >= 15 is 0 Å². The van der Waals surface area contributed by atoms with E-state index in [1.54, 1.807) is 0 Å². The molecule has 0 heterocycles. The number of nitriles is 1. The van der Waals surface area contributed by atoms with Crippen LogP contribution in [0.5, 0.6) is 0 Å². The molecule has 0 aliphatic rings. The lowest BCUT2D eigenvalue weighted by atomic mass is 9.91. The van der Waals surface area contributed by atoms with E-state index in [9.17, 15) is 0 Å². The van der Waals surface area contributed by atoms with Gasteiger partial charge in [-0.2, -0.15) is 0 Å². The Bertz CT molecular complexity index is 144. The Hall–Kier alpha value is 0.475. The molecular formula is C4H9BBr2N2. The summed E-state index contributed by atoms with van der Waals surface area (Å²) in [5.41, 5.74) is 0. The van der Waals surface area contributed by atoms with Crippen molar-refractivity contribution < 1.29 is 4.39 Å². The Morgan fingerprint density at radius 3 is 1.67 bits per heavy atom. The van der Waals surface area contributed by atoms with Crippen LogP contribution in [0.1, 0.15) is 0 Å². The lowest BCUT2D eigenvalue weighted by Crippen LogP contribution is -2.52. The van der Waals surface area contributed by atoms with E-state index in [2.05, 4.69) is 37.5 Å².